The predicted molar refractivity (Wildman–Crippen MR) is 159 cm³/mol. The molecule has 2 aliphatic heterocycles. The zero-order chi connectivity index (χ0) is 30.1. The number of carboxylic acids is 1. The van der Waals surface area contributed by atoms with E-state index in [9.17, 15) is 19.8 Å². The molecule has 0 aliphatic carbocycles. The first kappa shape index (κ1) is 28.9. The summed E-state index contributed by atoms with van der Waals surface area (Å²) < 4.78 is 23.5. The quantitative estimate of drug-likeness (QED) is 0.265. The van der Waals surface area contributed by atoms with Gasteiger partial charge in [-0.25, -0.2) is 9.78 Å². The van der Waals surface area contributed by atoms with E-state index in [1.807, 2.05) is 31.2 Å². The Kier molecular flexibility index (Phi) is 8.17. The van der Waals surface area contributed by atoms with E-state index in [0.29, 0.717) is 45.9 Å². The first-order valence-electron chi connectivity index (χ1n) is 13.9. The molecule has 4 aromatic rings. The van der Waals surface area contributed by atoms with Gasteiger partial charge < -0.3 is 33.7 Å². The second kappa shape index (κ2) is 12.2. The molecule has 0 saturated carbocycles. The monoisotopic (exact) mass is 605 g/mol. The number of aliphatic hydroxyl groups excluding tert-OH is 1. The molecule has 43 heavy (non-hydrogen) atoms. The van der Waals surface area contributed by atoms with Crippen LogP contribution in [-0.4, -0.2) is 66.4 Å². The highest BCUT2D eigenvalue weighted by Crippen LogP contribution is 2.47. The number of fused-ring (bicyclic) bond motifs is 1. The number of aromatic carboxylic acids is 1. The van der Waals surface area contributed by atoms with Gasteiger partial charge in [0.1, 0.15) is 23.1 Å². The minimum absolute atomic E-state index is 0.00730. The molecule has 0 spiro atoms. The molecule has 224 valence electrons. The summed E-state index contributed by atoms with van der Waals surface area (Å²) in [6.07, 6.45) is 2.32. The number of thiophene rings is 1. The van der Waals surface area contributed by atoms with Gasteiger partial charge >= 0.3 is 5.97 Å². The van der Waals surface area contributed by atoms with Gasteiger partial charge in [0.2, 0.25) is 12.2 Å². The number of nitrogens with zero attached hydrogens (tertiary/aromatic N) is 3. The Labute approximate surface area is 251 Å². The Bertz CT molecular complexity index is 1610. The molecule has 12 heteroatoms. The Morgan fingerprint density at radius 3 is 2.70 bits per heavy atom. The van der Waals surface area contributed by atoms with Crippen molar-refractivity contribution in [1.29, 1.82) is 0 Å². The molecule has 2 atom stereocenters. The molecule has 4 heterocycles. The number of hydrogen-bond donors (Lipinski definition) is 2. The van der Waals surface area contributed by atoms with Crippen LogP contribution in [-0.2, 0) is 9.47 Å². The van der Waals surface area contributed by atoms with Gasteiger partial charge in [0.25, 0.3) is 5.91 Å². The highest BCUT2D eigenvalue weighted by molar-refractivity contribution is 7.20. The summed E-state index contributed by atoms with van der Waals surface area (Å²) in [5.41, 5.74) is 2.04. The van der Waals surface area contributed by atoms with Gasteiger partial charge in [0.05, 0.1) is 42.0 Å². The maximum atomic E-state index is 14.1. The second-order valence-corrected chi connectivity index (χ2v) is 11.3. The van der Waals surface area contributed by atoms with Crippen molar-refractivity contribution in [3.63, 3.8) is 0 Å². The number of methoxy groups -OCH3 is 1. The smallest absolute Gasteiger partial charge is 0.335 e. The zero-order valence-corrected chi connectivity index (χ0v) is 24.5. The van der Waals surface area contributed by atoms with Gasteiger partial charge in [0.15, 0.2) is 0 Å². The van der Waals surface area contributed by atoms with E-state index in [1.54, 1.807) is 24.1 Å². The molecule has 1 fully saturated rings. The molecule has 11 nitrogen and oxygen atoms in total. The van der Waals surface area contributed by atoms with Crippen molar-refractivity contribution in [2.45, 2.75) is 38.3 Å². The molecule has 1 saturated heterocycles. The van der Waals surface area contributed by atoms with Crippen LogP contribution in [0.15, 0.2) is 65.4 Å². The Morgan fingerprint density at radius 2 is 1.98 bits per heavy atom. The zero-order valence-electron chi connectivity index (χ0n) is 23.6. The summed E-state index contributed by atoms with van der Waals surface area (Å²) in [6.45, 7) is 3.14. The van der Waals surface area contributed by atoms with Crippen LogP contribution >= 0.6 is 11.3 Å². The average molecular weight is 606 g/mol. The van der Waals surface area contributed by atoms with Crippen molar-refractivity contribution in [1.82, 2.24) is 4.98 Å². The minimum Gasteiger partial charge on any atom is -0.496 e. The summed E-state index contributed by atoms with van der Waals surface area (Å²) in [5, 5.41) is 22.1. The number of carbonyl (C=O) groups excluding carboxylic acids is 1. The lowest BCUT2D eigenvalue weighted by atomic mass is 10.0. The van der Waals surface area contributed by atoms with Crippen LogP contribution in [0.5, 0.6) is 5.75 Å². The lowest BCUT2D eigenvalue weighted by Gasteiger charge is -2.43. The molecule has 1 amide bonds. The highest BCUT2D eigenvalue weighted by atomic mass is 32.1. The lowest BCUT2D eigenvalue weighted by Crippen LogP contribution is -2.56. The Hall–Kier alpha value is -4.23. The third-order valence-corrected chi connectivity index (χ3v) is 9.02. The fourth-order valence-electron chi connectivity index (χ4n) is 5.55. The molecule has 2 N–H and O–H groups in total. The average Bonchev–Trinajstić information content (AvgIpc) is 3.67. The maximum Gasteiger partial charge on any atom is 0.335 e. The standard InChI is InChI=1S/C31H31N3O8S/c1-18-25-28(35)34(20-7-5-6-19(16-20)30(36)37)31(38)33(29(25)43-26(18)27-32-12-15-41-27)17-24(42-21-10-13-40-14-11-21)22-8-3-4-9-23(22)39-2/h3-9,12,15-16,21,24,31,38H,10-11,13-14,17H2,1-2H3,(H,36,37). The van der Waals surface area contributed by atoms with E-state index in [4.69, 9.17) is 18.6 Å². The molecule has 0 bridgehead atoms. The molecular formula is C31H31N3O8S. The maximum absolute atomic E-state index is 14.1. The van der Waals surface area contributed by atoms with E-state index in [2.05, 4.69) is 4.98 Å². The number of para-hydroxylation sites is 1. The van der Waals surface area contributed by atoms with Crippen LogP contribution in [0.2, 0.25) is 0 Å². The number of aromatic nitrogens is 1. The van der Waals surface area contributed by atoms with E-state index in [1.165, 1.54) is 40.8 Å². The number of carboxylic acid groups (broad SMARTS) is 1. The van der Waals surface area contributed by atoms with Gasteiger partial charge in [-0.1, -0.05) is 24.3 Å². The van der Waals surface area contributed by atoms with Crippen LogP contribution < -0.4 is 14.5 Å². The van der Waals surface area contributed by atoms with Crippen LogP contribution in [0.3, 0.4) is 0 Å². The van der Waals surface area contributed by atoms with Crippen LogP contribution in [0, 0.1) is 6.92 Å². The number of ether oxygens (including phenoxy) is 3. The first-order valence-corrected chi connectivity index (χ1v) is 14.7. The summed E-state index contributed by atoms with van der Waals surface area (Å²) >= 11 is 1.30. The third-order valence-electron chi connectivity index (χ3n) is 7.70. The van der Waals surface area contributed by atoms with E-state index in [0.717, 1.165) is 18.4 Å². The van der Waals surface area contributed by atoms with Gasteiger partial charge in [-0.2, -0.15) is 0 Å². The van der Waals surface area contributed by atoms with Crippen molar-refractivity contribution in [2.24, 2.45) is 0 Å². The van der Waals surface area contributed by atoms with Gasteiger partial charge in [-0.05, 0) is 49.6 Å². The minimum atomic E-state index is -1.48. The highest BCUT2D eigenvalue weighted by Gasteiger charge is 2.43. The summed E-state index contributed by atoms with van der Waals surface area (Å²) in [6, 6.07) is 13.5. The molecule has 2 aromatic carbocycles. The molecule has 0 radical (unpaired) electrons. The number of benzene rings is 2. The topological polar surface area (TPSA) is 135 Å². The molecule has 2 aromatic heterocycles. The number of carbonyl (C=O) groups is 2. The van der Waals surface area contributed by atoms with Crippen LogP contribution in [0.4, 0.5) is 10.7 Å². The number of amides is 1. The Balaban J connectivity index is 1.47. The molecule has 2 aliphatic rings. The van der Waals surface area contributed by atoms with Crippen molar-refractivity contribution in [2.75, 3.05) is 36.7 Å². The van der Waals surface area contributed by atoms with Crippen molar-refractivity contribution >= 4 is 33.9 Å². The second-order valence-electron chi connectivity index (χ2n) is 10.3. The fourth-order valence-corrected chi connectivity index (χ4v) is 6.81. The van der Waals surface area contributed by atoms with Crippen molar-refractivity contribution in [3.8, 4) is 16.5 Å². The third kappa shape index (κ3) is 5.50. The normalized spacial score (nSPS) is 18.0. The van der Waals surface area contributed by atoms with Crippen LogP contribution in [0.25, 0.3) is 10.8 Å². The number of hydrogen-bond acceptors (Lipinski definition) is 10. The lowest BCUT2D eigenvalue weighted by molar-refractivity contribution is -0.0694. The Morgan fingerprint density at radius 1 is 1.19 bits per heavy atom. The summed E-state index contributed by atoms with van der Waals surface area (Å²) in [4.78, 5) is 33.8. The predicted octanol–water partition coefficient (Wildman–Crippen LogP) is 5.10. The summed E-state index contributed by atoms with van der Waals surface area (Å²) in [5.74, 6) is -0.612. The van der Waals surface area contributed by atoms with Crippen molar-refractivity contribution in [3.05, 3.63) is 83.2 Å². The van der Waals surface area contributed by atoms with Gasteiger partial charge in [-0.3, -0.25) is 9.69 Å². The molecule has 6 rings (SSSR count). The number of anilines is 2. The fraction of sp³-hybridized carbons (Fsp3) is 0.323. The largest absolute Gasteiger partial charge is 0.496 e. The molecular weight excluding hydrogens is 574 g/mol. The summed E-state index contributed by atoms with van der Waals surface area (Å²) in [7, 11) is 1.60. The van der Waals surface area contributed by atoms with E-state index in [-0.39, 0.29) is 23.9 Å². The SMILES string of the molecule is COc1ccccc1C(CN1c2sc(-c3ncco3)c(C)c2C(=O)N(c2cccc(C(=O)O)c2)C1O)OC1CCOCC1. The number of oxazole rings is 1. The number of aliphatic hydroxyl groups is 1. The first-order chi connectivity index (χ1) is 20.9. The van der Waals surface area contributed by atoms with Crippen molar-refractivity contribution < 1.29 is 38.4 Å². The number of rotatable bonds is 9. The van der Waals surface area contributed by atoms with E-state index < -0.39 is 24.3 Å². The van der Waals surface area contributed by atoms with E-state index >= 15 is 0 Å². The van der Waals surface area contributed by atoms with Gasteiger partial charge in [-0.15, -0.1) is 11.3 Å². The van der Waals surface area contributed by atoms with Crippen LogP contribution in [0.1, 0.15) is 50.8 Å². The van der Waals surface area contributed by atoms with Gasteiger partial charge in [0, 0.05) is 24.5 Å². The molecule has 2 unspecified atom stereocenters.